The predicted molar refractivity (Wildman–Crippen MR) is 109 cm³/mol. The van der Waals surface area contributed by atoms with Gasteiger partial charge < -0.3 is 15.5 Å². The minimum atomic E-state index is -0.0993. The summed E-state index contributed by atoms with van der Waals surface area (Å²) in [5.41, 5.74) is 4.26. The molecule has 6 nitrogen and oxygen atoms in total. The van der Waals surface area contributed by atoms with Crippen LogP contribution in [0.25, 0.3) is 11.6 Å². The van der Waals surface area contributed by atoms with Crippen LogP contribution in [0.5, 0.6) is 0 Å². The zero-order valence-corrected chi connectivity index (χ0v) is 15.5. The number of carbonyl (C=O) groups excluding carboxylic acids is 2. The number of aromatic nitrogens is 1. The Hall–Kier alpha value is -3.25. The molecule has 2 aromatic rings. The molecule has 2 aliphatic rings. The molecule has 0 saturated heterocycles. The maximum atomic E-state index is 12.5. The third-order valence-electron chi connectivity index (χ3n) is 4.93. The van der Waals surface area contributed by atoms with Crippen molar-refractivity contribution < 1.29 is 9.59 Å². The summed E-state index contributed by atoms with van der Waals surface area (Å²) in [5.74, 6) is 0.468. The second-order valence-corrected chi connectivity index (χ2v) is 6.89. The molecule has 0 unspecified atom stereocenters. The Bertz CT molecular complexity index is 950. The fourth-order valence-electron chi connectivity index (χ4n) is 3.41. The van der Waals surface area contributed by atoms with Crippen LogP contribution in [0, 0.1) is 0 Å². The Kier molecular flexibility index (Phi) is 5.30. The van der Waals surface area contributed by atoms with Gasteiger partial charge in [-0.05, 0) is 35.3 Å². The van der Waals surface area contributed by atoms with Gasteiger partial charge in [-0.3, -0.25) is 9.59 Å². The predicted octanol–water partition coefficient (Wildman–Crippen LogP) is 2.45. The average Bonchev–Trinajstić information content (AvgIpc) is 2.93. The first-order valence-corrected chi connectivity index (χ1v) is 9.40. The zero-order valence-electron chi connectivity index (χ0n) is 15.5. The highest BCUT2D eigenvalue weighted by molar-refractivity contribution is 5.94. The number of nitrogens with one attached hydrogen (secondary N) is 2. The van der Waals surface area contributed by atoms with Gasteiger partial charge in [0.2, 0.25) is 11.8 Å². The van der Waals surface area contributed by atoms with Gasteiger partial charge in [0.1, 0.15) is 5.82 Å². The van der Waals surface area contributed by atoms with E-state index in [9.17, 15) is 9.59 Å². The first-order chi connectivity index (χ1) is 13.7. The lowest BCUT2D eigenvalue weighted by molar-refractivity contribution is -0.125. The number of benzene rings is 1. The van der Waals surface area contributed by atoms with Gasteiger partial charge in [-0.2, -0.15) is 0 Å². The number of amides is 2. The summed E-state index contributed by atoms with van der Waals surface area (Å²) >= 11 is 0. The lowest BCUT2D eigenvalue weighted by atomic mass is 9.99. The van der Waals surface area contributed by atoms with E-state index in [1.807, 2.05) is 29.2 Å². The zero-order chi connectivity index (χ0) is 19.3. The molecule has 0 spiro atoms. The van der Waals surface area contributed by atoms with Crippen LogP contribution in [0.15, 0.2) is 54.7 Å². The SMILES string of the molecule is O=C1CNCc2cc(C=CC(=O)N3CC=C(c4ccccc4)CC3)cnc2N1. The van der Waals surface area contributed by atoms with E-state index in [1.165, 1.54) is 11.1 Å². The lowest BCUT2D eigenvalue weighted by Crippen LogP contribution is -2.33. The maximum Gasteiger partial charge on any atom is 0.246 e. The number of pyridine rings is 1. The molecule has 0 atom stereocenters. The topological polar surface area (TPSA) is 74.3 Å². The van der Waals surface area contributed by atoms with Gasteiger partial charge >= 0.3 is 0 Å². The number of anilines is 1. The van der Waals surface area contributed by atoms with E-state index in [0.29, 0.717) is 25.5 Å². The first kappa shape index (κ1) is 18.1. The molecular weight excluding hydrogens is 352 g/mol. The van der Waals surface area contributed by atoms with Crippen LogP contribution in [-0.2, 0) is 16.1 Å². The smallest absolute Gasteiger partial charge is 0.246 e. The summed E-state index contributed by atoms with van der Waals surface area (Å²) in [6, 6.07) is 12.2. The second-order valence-electron chi connectivity index (χ2n) is 6.89. The standard InChI is InChI=1S/C22H22N4O2/c27-20-15-23-14-19-12-16(13-24-22(19)25-20)6-7-21(28)26-10-8-18(9-11-26)17-4-2-1-3-5-17/h1-8,12-13,23H,9-11,14-15H2,(H,24,25,27). The van der Waals surface area contributed by atoms with Crippen LogP contribution in [0.4, 0.5) is 5.82 Å². The van der Waals surface area contributed by atoms with E-state index in [0.717, 1.165) is 17.5 Å². The van der Waals surface area contributed by atoms with Gasteiger partial charge in [0, 0.05) is 37.5 Å². The van der Waals surface area contributed by atoms with Crippen molar-refractivity contribution in [2.45, 2.75) is 13.0 Å². The Morgan fingerprint density at radius 3 is 2.82 bits per heavy atom. The molecule has 6 heteroatoms. The van der Waals surface area contributed by atoms with Crippen molar-refractivity contribution in [3.63, 3.8) is 0 Å². The molecule has 1 aromatic heterocycles. The van der Waals surface area contributed by atoms with Gasteiger partial charge in [0.15, 0.2) is 0 Å². The highest BCUT2D eigenvalue weighted by atomic mass is 16.2. The van der Waals surface area contributed by atoms with Crippen molar-refractivity contribution in [2.24, 2.45) is 0 Å². The normalized spacial score (nSPS) is 16.9. The molecule has 142 valence electrons. The number of nitrogens with zero attached hydrogens (tertiary/aromatic N) is 2. The number of hydrogen-bond acceptors (Lipinski definition) is 4. The molecule has 0 aliphatic carbocycles. The molecule has 1 aromatic carbocycles. The van der Waals surface area contributed by atoms with E-state index in [2.05, 4.69) is 33.8 Å². The third kappa shape index (κ3) is 4.18. The Balaban J connectivity index is 1.40. The summed E-state index contributed by atoms with van der Waals surface area (Å²) in [6.45, 7) is 2.16. The van der Waals surface area contributed by atoms with E-state index in [4.69, 9.17) is 0 Å². The Morgan fingerprint density at radius 1 is 1.18 bits per heavy atom. The first-order valence-electron chi connectivity index (χ1n) is 9.40. The van der Waals surface area contributed by atoms with Crippen LogP contribution >= 0.6 is 0 Å². The largest absolute Gasteiger partial charge is 0.335 e. The average molecular weight is 374 g/mol. The van der Waals surface area contributed by atoms with Crippen molar-refractivity contribution in [3.05, 3.63) is 71.4 Å². The quantitative estimate of drug-likeness (QED) is 0.810. The van der Waals surface area contributed by atoms with Crippen molar-refractivity contribution in [3.8, 4) is 0 Å². The Morgan fingerprint density at radius 2 is 2.04 bits per heavy atom. The number of carbonyl (C=O) groups is 2. The van der Waals surface area contributed by atoms with Crippen LogP contribution in [0.3, 0.4) is 0 Å². The van der Waals surface area contributed by atoms with Gasteiger partial charge in [0.25, 0.3) is 0 Å². The van der Waals surface area contributed by atoms with Gasteiger partial charge in [-0.1, -0.05) is 36.4 Å². The molecule has 0 bridgehead atoms. The van der Waals surface area contributed by atoms with Gasteiger partial charge in [-0.15, -0.1) is 0 Å². The molecule has 0 fully saturated rings. The summed E-state index contributed by atoms with van der Waals surface area (Å²) in [7, 11) is 0. The third-order valence-corrected chi connectivity index (χ3v) is 4.93. The maximum absolute atomic E-state index is 12.5. The molecule has 28 heavy (non-hydrogen) atoms. The Labute approximate surface area is 164 Å². The van der Waals surface area contributed by atoms with Crippen LogP contribution < -0.4 is 10.6 Å². The van der Waals surface area contributed by atoms with E-state index in [-0.39, 0.29) is 18.4 Å². The van der Waals surface area contributed by atoms with E-state index < -0.39 is 0 Å². The minimum absolute atomic E-state index is 0.00951. The second kappa shape index (κ2) is 8.19. The molecular formula is C22H22N4O2. The van der Waals surface area contributed by atoms with Crippen molar-refractivity contribution >= 4 is 29.3 Å². The summed E-state index contributed by atoms with van der Waals surface area (Å²) in [4.78, 5) is 30.2. The van der Waals surface area contributed by atoms with Crippen molar-refractivity contribution in [1.82, 2.24) is 15.2 Å². The number of rotatable bonds is 3. The lowest BCUT2D eigenvalue weighted by Gasteiger charge is -2.25. The van der Waals surface area contributed by atoms with Gasteiger partial charge in [-0.25, -0.2) is 4.98 Å². The highest BCUT2D eigenvalue weighted by Crippen LogP contribution is 2.22. The molecule has 2 amide bonds. The molecule has 4 rings (SSSR count). The summed E-state index contributed by atoms with van der Waals surface area (Å²) in [5, 5.41) is 5.82. The summed E-state index contributed by atoms with van der Waals surface area (Å²) < 4.78 is 0. The monoisotopic (exact) mass is 374 g/mol. The summed E-state index contributed by atoms with van der Waals surface area (Å²) in [6.07, 6.45) is 8.02. The van der Waals surface area contributed by atoms with Gasteiger partial charge in [0.05, 0.1) is 6.54 Å². The molecule has 2 aliphatic heterocycles. The molecule has 2 N–H and O–H groups in total. The van der Waals surface area contributed by atoms with Crippen LogP contribution in [-0.4, -0.2) is 41.3 Å². The molecule has 3 heterocycles. The van der Waals surface area contributed by atoms with Crippen molar-refractivity contribution in [2.75, 3.05) is 25.0 Å². The highest BCUT2D eigenvalue weighted by Gasteiger charge is 2.16. The van der Waals surface area contributed by atoms with E-state index in [1.54, 1.807) is 18.3 Å². The number of hydrogen-bond donors (Lipinski definition) is 2. The van der Waals surface area contributed by atoms with Crippen LogP contribution in [0.1, 0.15) is 23.1 Å². The minimum Gasteiger partial charge on any atom is -0.335 e. The van der Waals surface area contributed by atoms with Crippen molar-refractivity contribution in [1.29, 1.82) is 0 Å². The molecule has 0 saturated carbocycles. The fraction of sp³-hybridized carbons (Fsp3) is 0.227. The van der Waals surface area contributed by atoms with Crippen LogP contribution in [0.2, 0.25) is 0 Å². The number of fused-ring (bicyclic) bond motifs is 1. The fourth-order valence-corrected chi connectivity index (χ4v) is 3.41. The molecule has 0 radical (unpaired) electrons. The van der Waals surface area contributed by atoms with E-state index >= 15 is 0 Å².